The van der Waals surface area contributed by atoms with Crippen LogP contribution in [0.5, 0.6) is 0 Å². The van der Waals surface area contributed by atoms with Crippen molar-refractivity contribution >= 4 is 37.2 Å². The number of nitrogens with zero attached hydrogens (tertiary/aromatic N) is 1. The second kappa shape index (κ2) is 5.04. The Hall–Kier alpha value is -0.460. The maximum Gasteiger partial charge on any atom is 0.261 e. The van der Waals surface area contributed by atoms with E-state index in [1.165, 1.54) is 12.1 Å². The summed E-state index contributed by atoms with van der Waals surface area (Å²) in [7, 11) is 1.57. The Morgan fingerprint density at radius 2 is 2.24 bits per heavy atom. The monoisotopic (exact) mass is 295 g/mol. The third-order valence-electron chi connectivity index (χ3n) is 2.53. The van der Waals surface area contributed by atoms with E-state index < -0.39 is 15.7 Å². The molecule has 0 atom stereocenters. The lowest BCUT2D eigenvalue weighted by Crippen LogP contribution is -2.31. The first kappa shape index (κ1) is 13.0. The summed E-state index contributed by atoms with van der Waals surface area (Å²) in [4.78, 5) is 2.87. The SMILES string of the molecule is O=S(=O)(Cl)c1ccc2c(c1)N(CCF)CCS2. The van der Waals surface area contributed by atoms with Crippen molar-refractivity contribution in [2.24, 2.45) is 0 Å². The zero-order valence-electron chi connectivity index (χ0n) is 8.90. The predicted octanol–water partition coefficient (Wildman–Crippen LogP) is 2.50. The fourth-order valence-corrected chi connectivity index (χ4v) is 3.54. The first-order valence-electron chi connectivity index (χ1n) is 5.05. The van der Waals surface area contributed by atoms with Crippen LogP contribution in [0.15, 0.2) is 28.0 Å². The number of hydrogen-bond acceptors (Lipinski definition) is 4. The minimum Gasteiger partial charge on any atom is -0.367 e. The molecule has 1 aromatic rings. The molecule has 0 aliphatic carbocycles. The van der Waals surface area contributed by atoms with E-state index in [0.29, 0.717) is 6.54 Å². The van der Waals surface area contributed by atoms with Gasteiger partial charge in [0.15, 0.2) is 0 Å². The van der Waals surface area contributed by atoms with E-state index in [1.54, 1.807) is 17.8 Å². The quantitative estimate of drug-likeness (QED) is 0.803. The Bertz CT molecular complexity index is 521. The van der Waals surface area contributed by atoms with Crippen LogP contribution in [0.3, 0.4) is 0 Å². The molecule has 0 spiro atoms. The van der Waals surface area contributed by atoms with Gasteiger partial charge in [-0.05, 0) is 18.2 Å². The van der Waals surface area contributed by atoms with E-state index in [4.69, 9.17) is 10.7 Å². The molecule has 17 heavy (non-hydrogen) atoms. The highest BCUT2D eigenvalue weighted by molar-refractivity contribution is 8.13. The fourth-order valence-electron chi connectivity index (χ4n) is 1.74. The molecule has 0 saturated carbocycles. The van der Waals surface area contributed by atoms with Crippen molar-refractivity contribution < 1.29 is 12.8 Å². The van der Waals surface area contributed by atoms with Gasteiger partial charge in [0.25, 0.3) is 9.05 Å². The molecule has 0 bridgehead atoms. The van der Waals surface area contributed by atoms with Gasteiger partial charge in [0.2, 0.25) is 0 Å². The number of benzene rings is 1. The van der Waals surface area contributed by atoms with Crippen LogP contribution in [0.4, 0.5) is 10.1 Å². The number of anilines is 1. The summed E-state index contributed by atoms with van der Waals surface area (Å²) in [5.74, 6) is 0.875. The first-order valence-corrected chi connectivity index (χ1v) is 8.34. The zero-order chi connectivity index (χ0) is 12.5. The Morgan fingerprint density at radius 3 is 2.88 bits per heavy atom. The van der Waals surface area contributed by atoms with E-state index in [1.807, 2.05) is 4.90 Å². The van der Waals surface area contributed by atoms with Gasteiger partial charge in [-0.2, -0.15) is 0 Å². The van der Waals surface area contributed by atoms with Gasteiger partial charge >= 0.3 is 0 Å². The lowest BCUT2D eigenvalue weighted by Gasteiger charge is -2.30. The molecule has 1 aliphatic heterocycles. The summed E-state index contributed by atoms with van der Waals surface area (Å²) in [5.41, 5.74) is 0.751. The van der Waals surface area contributed by atoms with Crippen molar-refractivity contribution in [1.29, 1.82) is 0 Å². The van der Waals surface area contributed by atoms with Crippen LogP contribution in [-0.2, 0) is 9.05 Å². The Morgan fingerprint density at radius 1 is 1.47 bits per heavy atom. The number of halogens is 2. The molecule has 1 aliphatic rings. The average molecular weight is 296 g/mol. The molecule has 0 aromatic heterocycles. The van der Waals surface area contributed by atoms with Crippen molar-refractivity contribution in [2.45, 2.75) is 9.79 Å². The summed E-state index contributed by atoms with van der Waals surface area (Å²) in [6.45, 7) is 0.536. The predicted molar refractivity (Wildman–Crippen MR) is 68.4 cm³/mol. The maximum absolute atomic E-state index is 12.4. The van der Waals surface area contributed by atoms with Gasteiger partial charge in [0.05, 0.1) is 10.6 Å². The van der Waals surface area contributed by atoms with Gasteiger partial charge in [0, 0.05) is 34.4 Å². The molecule has 0 N–H and O–H groups in total. The number of alkyl halides is 1. The van der Waals surface area contributed by atoms with E-state index in [9.17, 15) is 12.8 Å². The molecular weight excluding hydrogens is 285 g/mol. The number of rotatable bonds is 3. The number of fused-ring (bicyclic) bond motifs is 1. The van der Waals surface area contributed by atoms with Crippen LogP contribution in [0.2, 0.25) is 0 Å². The first-order chi connectivity index (χ1) is 8.02. The van der Waals surface area contributed by atoms with Crippen LogP contribution < -0.4 is 4.90 Å². The second-order valence-corrected chi connectivity index (χ2v) is 7.29. The number of hydrogen-bond donors (Lipinski definition) is 0. The zero-order valence-corrected chi connectivity index (χ0v) is 11.3. The van der Waals surface area contributed by atoms with Gasteiger partial charge in [-0.15, -0.1) is 11.8 Å². The molecule has 0 radical (unpaired) electrons. The molecule has 7 heteroatoms. The van der Waals surface area contributed by atoms with Gasteiger partial charge in [-0.25, -0.2) is 12.8 Å². The molecule has 94 valence electrons. The standard InChI is InChI=1S/C10H11ClFNO2S2/c11-17(14,15)8-1-2-10-9(7-8)13(4-3-12)5-6-16-10/h1-2,7H,3-6H2. The van der Waals surface area contributed by atoms with Crippen LogP contribution in [0.1, 0.15) is 0 Å². The van der Waals surface area contributed by atoms with Gasteiger partial charge in [0.1, 0.15) is 6.67 Å². The van der Waals surface area contributed by atoms with Crippen LogP contribution in [0, 0.1) is 0 Å². The molecular formula is C10H11ClFNO2S2. The normalized spacial score (nSPS) is 15.8. The summed E-state index contributed by atoms with van der Waals surface area (Å²) in [5, 5.41) is 0. The highest BCUT2D eigenvalue weighted by Gasteiger charge is 2.20. The smallest absolute Gasteiger partial charge is 0.261 e. The van der Waals surface area contributed by atoms with E-state index in [0.717, 1.165) is 16.3 Å². The van der Waals surface area contributed by atoms with Crippen molar-refractivity contribution in [3.05, 3.63) is 18.2 Å². The van der Waals surface area contributed by atoms with Crippen molar-refractivity contribution in [1.82, 2.24) is 0 Å². The molecule has 0 saturated heterocycles. The average Bonchev–Trinajstić information content (AvgIpc) is 2.28. The Kier molecular flexibility index (Phi) is 3.85. The van der Waals surface area contributed by atoms with Gasteiger partial charge in [-0.1, -0.05) is 0 Å². The number of thioether (sulfide) groups is 1. The third-order valence-corrected chi connectivity index (χ3v) is 4.92. The molecule has 0 amide bonds. The van der Waals surface area contributed by atoms with E-state index in [2.05, 4.69) is 0 Å². The Balaban J connectivity index is 2.44. The lowest BCUT2D eigenvalue weighted by atomic mass is 10.2. The van der Waals surface area contributed by atoms with Crippen molar-refractivity contribution in [2.75, 3.05) is 30.4 Å². The largest absolute Gasteiger partial charge is 0.367 e. The fraction of sp³-hybridized carbons (Fsp3) is 0.400. The molecule has 1 aromatic carbocycles. The lowest BCUT2D eigenvalue weighted by molar-refractivity contribution is 0.491. The van der Waals surface area contributed by atoms with Crippen LogP contribution in [0.25, 0.3) is 0 Å². The second-order valence-electron chi connectivity index (χ2n) is 3.59. The van der Waals surface area contributed by atoms with Crippen LogP contribution in [-0.4, -0.2) is 33.9 Å². The van der Waals surface area contributed by atoms with Gasteiger partial charge < -0.3 is 4.90 Å². The summed E-state index contributed by atoms with van der Waals surface area (Å²) in [6.07, 6.45) is 0. The van der Waals surface area contributed by atoms with E-state index >= 15 is 0 Å². The van der Waals surface area contributed by atoms with E-state index in [-0.39, 0.29) is 11.4 Å². The summed E-state index contributed by atoms with van der Waals surface area (Å²) < 4.78 is 34.9. The molecule has 3 nitrogen and oxygen atoms in total. The Labute approximate surface area is 108 Å². The molecule has 1 heterocycles. The van der Waals surface area contributed by atoms with Crippen LogP contribution >= 0.6 is 22.4 Å². The molecule has 0 fully saturated rings. The highest BCUT2D eigenvalue weighted by Crippen LogP contribution is 2.36. The van der Waals surface area contributed by atoms with Crippen molar-refractivity contribution in [3.8, 4) is 0 Å². The third kappa shape index (κ3) is 2.86. The minimum absolute atomic E-state index is 0.0595. The highest BCUT2D eigenvalue weighted by atomic mass is 35.7. The minimum atomic E-state index is -3.73. The molecule has 2 rings (SSSR count). The maximum atomic E-state index is 12.4. The summed E-state index contributed by atoms with van der Waals surface area (Å²) >= 11 is 1.64. The summed E-state index contributed by atoms with van der Waals surface area (Å²) in [6, 6.07) is 4.71. The van der Waals surface area contributed by atoms with Gasteiger partial charge in [-0.3, -0.25) is 0 Å². The van der Waals surface area contributed by atoms with Crippen molar-refractivity contribution in [3.63, 3.8) is 0 Å². The topological polar surface area (TPSA) is 37.4 Å². The molecule has 0 unspecified atom stereocenters.